The zero-order valence-corrected chi connectivity index (χ0v) is 11.4. The lowest BCUT2D eigenvalue weighted by molar-refractivity contribution is 0.347. The largest absolute Gasteiger partial charge is 0.408 e. The maximum absolute atomic E-state index is 5.52. The van der Waals surface area contributed by atoms with Crippen LogP contribution in [0.3, 0.4) is 0 Å². The van der Waals surface area contributed by atoms with Crippen molar-refractivity contribution in [1.82, 2.24) is 25.2 Å². The second-order valence-corrected chi connectivity index (χ2v) is 5.90. The first-order chi connectivity index (χ1) is 9.02. The molecule has 0 radical (unpaired) electrons. The molecule has 2 aromatic rings. The minimum absolute atomic E-state index is 0.0606. The molecule has 2 heterocycles. The van der Waals surface area contributed by atoms with E-state index in [1.54, 1.807) is 0 Å². The van der Waals surface area contributed by atoms with Crippen molar-refractivity contribution in [2.24, 2.45) is 0 Å². The molecule has 7 nitrogen and oxygen atoms in total. The summed E-state index contributed by atoms with van der Waals surface area (Å²) in [4.78, 5) is 0. The summed E-state index contributed by atoms with van der Waals surface area (Å²) in [6.07, 6.45) is 4.23. The van der Waals surface area contributed by atoms with Crippen LogP contribution in [0.5, 0.6) is 0 Å². The summed E-state index contributed by atoms with van der Waals surface area (Å²) < 4.78 is 7.36. The Morgan fingerprint density at radius 2 is 2.11 bits per heavy atom. The van der Waals surface area contributed by atoms with Gasteiger partial charge in [-0.05, 0) is 33.6 Å². The maximum atomic E-state index is 5.52. The van der Waals surface area contributed by atoms with E-state index in [2.05, 4.69) is 46.6 Å². The molecule has 0 spiro atoms. The van der Waals surface area contributed by atoms with Crippen molar-refractivity contribution in [2.75, 3.05) is 5.32 Å². The highest BCUT2D eigenvalue weighted by molar-refractivity contribution is 5.20. The highest BCUT2D eigenvalue weighted by Gasteiger charge is 2.29. The van der Waals surface area contributed by atoms with Crippen molar-refractivity contribution in [3.8, 4) is 0 Å². The van der Waals surface area contributed by atoms with Gasteiger partial charge in [-0.1, -0.05) is 10.3 Å². The molecule has 102 valence electrons. The summed E-state index contributed by atoms with van der Waals surface area (Å²) in [5.41, 5.74) is 0.788. The van der Waals surface area contributed by atoms with Gasteiger partial charge >= 0.3 is 6.01 Å². The maximum Gasteiger partial charge on any atom is 0.315 e. The molecule has 1 N–H and O–H groups in total. The van der Waals surface area contributed by atoms with Gasteiger partial charge in [0, 0.05) is 5.92 Å². The third kappa shape index (κ3) is 2.74. The van der Waals surface area contributed by atoms with Crippen LogP contribution in [-0.4, -0.2) is 25.2 Å². The van der Waals surface area contributed by atoms with Crippen molar-refractivity contribution < 1.29 is 4.42 Å². The van der Waals surface area contributed by atoms with E-state index in [0.717, 1.165) is 24.4 Å². The van der Waals surface area contributed by atoms with Gasteiger partial charge in [-0.15, -0.1) is 10.2 Å². The Balaban J connectivity index is 1.60. The van der Waals surface area contributed by atoms with Crippen LogP contribution in [0.25, 0.3) is 0 Å². The average molecular weight is 262 g/mol. The number of nitrogens with zero attached hydrogens (tertiary/aromatic N) is 5. The topological polar surface area (TPSA) is 81.7 Å². The van der Waals surface area contributed by atoms with Crippen LogP contribution in [0, 0.1) is 0 Å². The lowest BCUT2D eigenvalue weighted by atomic mass is 10.1. The number of aromatic nitrogens is 5. The van der Waals surface area contributed by atoms with Crippen molar-refractivity contribution in [3.63, 3.8) is 0 Å². The standard InChI is InChI=1S/C12H18N6O/c1-12(2,3)18-7-9(14-17-18)6-13-11-16-15-10(19-11)8-4-5-8/h7-8H,4-6H2,1-3H3,(H,13,16). The van der Waals surface area contributed by atoms with Crippen molar-refractivity contribution in [2.45, 2.75) is 51.6 Å². The van der Waals surface area contributed by atoms with Gasteiger partial charge in [0.25, 0.3) is 0 Å². The Bertz CT molecular complexity index is 563. The number of nitrogens with one attached hydrogen (secondary N) is 1. The predicted octanol–water partition coefficient (Wildman–Crippen LogP) is 1.91. The van der Waals surface area contributed by atoms with Crippen LogP contribution in [-0.2, 0) is 12.1 Å². The first kappa shape index (κ1) is 12.1. The van der Waals surface area contributed by atoms with Crippen LogP contribution < -0.4 is 5.32 Å². The van der Waals surface area contributed by atoms with Crippen LogP contribution in [0.4, 0.5) is 6.01 Å². The van der Waals surface area contributed by atoms with Gasteiger partial charge in [0.1, 0.15) is 5.69 Å². The molecular weight excluding hydrogens is 244 g/mol. The fourth-order valence-electron chi connectivity index (χ4n) is 1.67. The number of rotatable bonds is 4. The minimum Gasteiger partial charge on any atom is -0.408 e. The van der Waals surface area contributed by atoms with E-state index in [1.807, 2.05) is 10.9 Å². The molecule has 1 aliphatic carbocycles. The SMILES string of the molecule is CC(C)(C)n1cc(CNc2nnc(C3CC3)o2)nn1. The number of hydrogen-bond acceptors (Lipinski definition) is 6. The summed E-state index contributed by atoms with van der Waals surface area (Å²) in [6.45, 7) is 6.78. The molecule has 0 atom stereocenters. The van der Waals surface area contributed by atoms with E-state index >= 15 is 0 Å². The van der Waals surface area contributed by atoms with Gasteiger partial charge in [-0.2, -0.15) is 0 Å². The van der Waals surface area contributed by atoms with E-state index in [0.29, 0.717) is 18.5 Å². The third-order valence-electron chi connectivity index (χ3n) is 3.02. The Morgan fingerprint density at radius 3 is 2.74 bits per heavy atom. The highest BCUT2D eigenvalue weighted by Crippen LogP contribution is 2.39. The molecule has 1 fully saturated rings. The van der Waals surface area contributed by atoms with Gasteiger partial charge in [0.2, 0.25) is 5.89 Å². The molecule has 2 aromatic heterocycles. The van der Waals surface area contributed by atoms with Gasteiger partial charge in [0.15, 0.2) is 0 Å². The minimum atomic E-state index is -0.0606. The summed E-state index contributed by atoms with van der Waals surface area (Å²) in [5, 5.41) is 19.3. The molecule has 0 unspecified atom stereocenters. The van der Waals surface area contributed by atoms with Crippen molar-refractivity contribution >= 4 is 6.01 Å². The molecule has 0 amide bonds. The van der Waals surface area contributed by atoms with Crippen LogP contribution in [0.2, 0.25) is 0 Å². The van der Waals surface area contributed by atoms with E-state index < -0.39 is 0 Å². The lowest BCUT2D eigenvalue weighted by Crippen LogP contribution is -2.22. The van der Waals surface area contributed by atoms with Gasteiger partial charge in [0.05, 0.1) is 18.3 Å². The van der Waals surface area contributed by atoms with Crippen molar-refractivity contribution in [3.05, 3.63) is 17.8 Å². The molecule has 7 heteroatoms. The Labute approximate surface area is 111 Å². The Morgan fingerprint density at radius 1 is 1.32 bits per heavy atom. The second-order valence-electron chi connectivity index (χ2n) is 5.90. The quantitative estimate of drug-likeness (QED) is 0.906. The fourth-order valence-corrected chi connectivity index (χ4v) is 1.67. The molecule has 0 bridgehead atoms. The van der Waals surface area contributed by atoms with Gasteiger partial charge in [-0.25, -0.2) is 4.68 Å². The zero-order chi connectivity index (χ0) is 13.5. The molecule has 19 heavy (non-hydrogen) atoms. The Kier molecular flexibility index (Phi) is 2.76. The smallest absolute Gasteiger partial charge is 0.315 e. The summed E-state index contributed by atoms with van der Waals surface area (Å²) in [7, 11) is 0. The predicted molar refractivity (Wildman–Crippen MR) is 68.6 cm³/mol. The monoisotopic (exact) mass is 262 g/mol. The van der Waals surface area contributed by atoms with E-state index in [9.17, 15) is 0 Å². The second kappa shape index (κ2) is 4.32. The average Bonchev–Trinajstić information content (AvgIpc) is 2.91. The van der Waals surface area contributed by atoms with Gasteiger partial charge < -0.3 is 9.73 Å². The molecule has 3 rings (SSSR count). The first-order valence-electron chi connectivity index (χ1n) is 6.51. The van der Waals surface area contributed by atoms with Crippen LogP contribution in [0.15, 0.2) is 10.6 Å². The number of hydrogen-bond donors (Lipinski definition) is 1. The van der Waals surface area contributed by atoms with E-state index in [-0.39, 0.29) is 5.54 Å². The molecule has 0 aromatic carbocycles. The normalized spacial score (nSPS) is 15.7. The zero-order valence-electron chi connectivity index (χ0n) is 11.4. The van der Waals surface area contributed by atoms with Gasteiger partial charge in [-0.3, -0.25) is 0 Å². The lowest BCUT2D eigenvalue weighted by Gasteiger charge is -2.17. The Hall–Kier alpha value is -1.92. The molecule has 0 saturated heterocycles. The molecule has 1 aliphatic rings. The highest BCUT2D eigenvalue weighted by atomic mass is 16.4. The molecular formula is C12H18N6O. The van der Waals surface area contributed by atoms with Crippen molar-refractivity contribution in [1.29, 1.82) is 0 Å². The first-order valence-corrected chi connectivity index (χ1v) is 6.51. The van der Waals surface area contributed by atoms with Crippen LogP contribution >= 0.6 is 0 Å². The van der Waals surface area contributed by atoms with Crippen LogP contribution in [0.1, 0.15) is 51.1 Å². The number of anilines is 1. The molecule has 1 saturated carbocycles. The summed E-state index contributed by atoms with van der Waals surface area (Å²) in [6, 6.07) is 0.451. The summed E-state index contributed by atoms with van der Waals surface area (Å²) in [5.74, 6) is 1.21. The molecule has 0 aliphatic heterocycles. The summed E-state index contributed by atoms with van der Waals surface area (Å²) >= 11 is 0. The fraction of sp³-hybridized carbons (Fsp3) is 0.667. The van der Waals surface area contributed by atoms with E-state index in [4.69, 9.17) is 4.42 Å². The third-order valence-corrected chi connectivity index (χ3v) is 3.02. The van der Waals surface area contributed by atoms with E-state index in [1.165, 1.54) is 0 Å².